The highest BCUT2D eigenvalue weighted by Gasteiger charge is 2.08. The van der Waals surface area contributed by atoms with Crippen molar-refractivity contribution in [3.63, 3.8) is 0 Å². The van der Waals surface area contributed by atoms with Gasteiger partial charge in [-0.05, 0) is 53.8 Å². The van der Waals surface area contributed by atoms with E-state index >= 15 is 0 Å². The first-order valence-electron chi connectivity index (χ1n) is 14.5. The van der Waals surface area contributed by atoms with E-state index in [2.05, 4.69) is 34.8 Å². The lowest BCUT2D eigenvalue weighted by Crippen LogP contribution is -2.20. The minimum atomic E-state index is -0.175. The first-order chi connectivity index (χ1) is 18.7. The van der Waals surface area contributed by atoms with Gasteiger partial charge in [-0.3, -0.25) is 4.79 Å². The number of carbonyl (C=O) groups is 1. The number of nitrogens with zero attached hydrogens (tertiary/aromatic N) is 1. The van der Waals surface area contributed by atoms with Gasteiger partial charge >= 0.3 is 0 Å². The number of nitrogens with one attached hydrogen (secondary N) is 1. The number of hydrogen-bond acceptors (Lipinski definition) is 5. The number of carbonyl (C=O) groups excluding carboxylic acids is 1. The van der Waals surface area contributed by atoms with Gasteiger partial charge in [-0.15, -0.1) is 11.8 Å². The Morgan fingerprint density at radius 2 is 1.47 bits per heavy atom. The van der Waals surface area contributed by atoms with E-state index in [1.807, 2.05) is 42.5 Å². The summed E-state index contributed by atoms with van der Waals surface area (Å²) in [5.74, 6) is 2.29. The van der Waals surface area contributed by atoms with Crippen molar-refractivity contribution in [1.29, 1.82) is 0 Å². The van der Waals surface area contributed by atoms with Crippen LogP contribution in [0.15, 0.2) is 60.1 Å². The molecule has 0 fully saturated rings. The summed E-state index contributed by atoms with van der Waals surface area (Å²) in [4.78, 5) is 14.6. The van der Waals surface area contributed by atoms with Gasteiger partial charge in [0.1, 0.15) is 11.5 Å². The largest absolute Gasteiger partial charge is 0.494 e. The van der Waals surface area contributed by atoms with E-state index < -0.39 is 0 Å². The van der Waals surface area contributed by atoms with Crippen LogP contribution in [0, 0.1) is 0 Å². The molecule has 0 saturated carbocycles. The maximum absolute atomic E-state index is 12.4. The highest BCUT2D eigenvalue weighted by molar-refractivity contribution is 8.02. The van der Waals surface area contributed by atoms with Crippen LogP contribution in [0.3, 0.4) is 0 Å². The van der Waals surface area contributed by atoms with Crippen LogP contribution in [0.4, 0.5) is 5.69 Å². The van der Waals surface area contributed by atoms with Crippen LogP contribution < -0.4 is 14.8 Å². The number of thioether (sulfide) groups is 1. The van der Waals surface area contributed by atoms with E-state index in [-0.39, 0.29) is 12.5 Å². The van der Waals surface area contributed by atoms with Gasteiger partial charge in [0.25, 0.3) is 5.91 Å². The minimum absolute atomic E-state index is 0.0329. The summed E-state index contributed by atoms with van der Waals surface area (Å²) in [7, 11) is 0. The van der Waals surface area contributed by atoms with E-state index in [1.165, 1.54) is 70.6 Å². The van der Waals surface area contributed by atoms with Crippen molar-refractivity contribution in [3.8, 4) is 11.5 Å². The van der Waals surface area contributed by atoms with Crippen molar-refractivity contribution in [2.24, 2.45) is 0 Å². The molecule has 0 saturated heterocycles. The van der Waals surface area contributed by atoms with Crippen molar-refractivity contribution >= 4 is 23.4 Å². The second kappa shape index (κ2) is 18.6. The third kappa shape index (κ3) is 12.8. The molecule has 5 nitrogen and oxygen atoms in total. The van der Waals surface area contributed by atoms with Gasteiger partial charge in [0.15, 0.2) is 6.61 Å². The molecule has 1 heterocycles. The van der Waals surface area contributed by atoms with E-state index in [4.69, 9.17) is 9.47 Å². The second-order valence-electron chi connectivity index (χ2n) is 10.1. The van der Waals surface area contributed by atoms with Gasteiger partial charge in [0.05, 0.1) is 12.5 Å². The predicted molar refractivity (Wildman–Crippen MR) is 161 cm³/mol. The zero-order chi connectivity index (χ0) is 26.7. The fraction of sp³-hybridized carbons (Fsp3) is 0.531. The van der Waals surface area contributed by atoms with Crippen molar-refractivity contribution in [3.05, 3.63) is 65.7 Å². The van der Waals surface area contributed by atoms with Gasteiger partial charge < -0.3 is 19.7 Å². The van der Waals surface area contributed by atoms with Gasteiger partial charge in [-0.25, -0.2) is 0 Å². The Balaban J connectivity index is 1.21. The molecule has 208 valence electrons. The van der Waals surface area contributed by atoms with Crippen LogP contribution >= 0.6 is 11.8 Å². The van der Waals surface area contributed by atoms with Crippen LogP contribution in [-0.4, -0.2) is 29.9 Å². The Bertz CT molecular complexity index is 948. The van der Waals surface area contributed by atoms with Crippen LogP contribution in [-0.2, 0) is 11.3 Å². The summed E-state index contributed by atoms with van der Waals surface area (Å²) in [6.07, 6.45) is 18.2. The number of ether oxygens (including phenoxy) is 2. The topological polar surface area (TPSA) is 50.8 Å². The standard InChI is InChI=1S/C32H46N2O3S/c1-2-3-4-5-6-7-8-9-10-11-12-13-22-36-30-17-19-31(20-18-30)37-26-32(35)33-29-16-14-15-28(24-29)25-34-21-23-38-27-34/h14-21,23-24H,2-13,22,25-27H2,1H3,(H,33,35). The maximum atomic E-state index is 12.4. The molecular weight excluding hydrogens is 492 g/mol. The van der Waals surface area contributed by atoms with Gasteiger partial charge in [0, 0.05) is 18.4 Å². The molecule has 0 atom stereocenters. The fourth-order valence-electron chi connectivity index (χ4n) is 4.50. The number of benzene rings is 2. The summed E-state index contributed by atoms with van der Waals surface area (Å²) in [6.45, 7) is 3.81. The van der Waals surface area contributed by atoms with Crippen molar-refractivity contribution < 1.29 is 14.3 Å². The lowest BCUT2D eigenvalue weighted by Gasteiger charge is -2.15. The zero-order valence-electron chi connectivity index (χ0n) is 23.2. The van der Waals surface area contributed by atoms with Crippen LogP contribution in [0.25, 0.3) is 0 Å². The Morgan fingerprint density at radius 3 is 2.11 bits per heavy atom. The molecule has 1 aliphatic rings. The molecule has 38 heavy (non-hydrogen) atoms. The summed E-state index contributed by atoms with van der Waals surface area (Å²) in [5, 5.41) is 5.03. The molecule has 6 heteroatoms. The number of unbranched alkanes of at least 4 members (excludes halogenated alkanes) is 11. The van der Waals surface area contributed by atoms with Crippen molar-refractivity contribution in [2.75, 3.05) is 24.4 Å². The van der Waals surface area contributed by atoms with E-state index in [9.17, 15) is 4.79 Å². The van der Waals surface area contributed by atoms with E-state index in [0.717, 1.165) is 42.4 Å². The zero-order valence-corrected chi connectivity index (χ0v) is 24.0. The molecule has 2 aromatic carbocycles. The number of rotatable bonds is 20. The fourth-order valence-corrected chi connectivity index (χ4v) is 5.22. The summed E-state index contributed by atoms with van der Waals surface area (Å²) in [6, 6.07) is 15.5. The second-order valence-corrected chi connectivity index (χ2v) is 10.9. The molecule has 0 aromatic heterocycles. The Kier molecular flexibility index (Phi) is 14.7. The van der Waals surface area contributed by atoms with Gasteiger partial charge in [0.2, 0.25) is 0 Å². The van der Waals surface area contributed by atoms with Gasteiger partial charge in [-0.2, -0.15) is 0 Å². The van der Waals surface area contributed by atoms with E-state index in [1.54, 1.807) is 11.8 Å². The average molecular weight is 539 g/mol. The molecule has 2 aromatic rings. The van der Waals surface area contributed by atoms with E-state index in [0.29, 0.717) is 5.75 Å². The van der Waals surface area contributed by atoms with Crippen LogP contribution in [0.2, 0.25) is 0 Å². The molecule has 0 aliphatic carbocycles. The highest BCUT2D eigenvalue weighted by Crippen LogP contribution is 2.21. The molecule has 0 bridgehead atoms. The number of anilines is 1. The third-order valence-electron chi connectivity index (χ3n) is 6.66. The molecule has 1 N–H and O–H groups in total. The normalized spacial score (nSPS) is 12.6. The van der Waals surface area contributed by atoms with Crippen molar-refractivity contribution in [1.82, 2.24) is 4.90 Å². The summed E-state index contributed by atoms with van der Waals surface area (Å²) >= 11 is 1.78. The number of hydrogen-bond donors (Lipinski definition) is 1. The third-order valence-corrected chi connectivity index (χ3v) is 7.46. The number of amides is 1. The average Bonchev–Trinajstić information content (AvgIpc) is 3.44. The monoisotopic (exact) mass is 538 g/mol. The molecule has 1 aliphatic heterocycles. The Morgan fingerprint density at radius 1 is 0.842 bits per heavy atom. The summed E-state index contributed by atoms with van der Waals surface area (Å²) < 4.78 is 11.5. The Labute approximate surface area is 234 Å². The lowest BCUT2D eigenvalue weighted by atomic mass is 10.1. The Hall–Kier alpha value is -2.60. The minimum Gasteiger partial charge on any atom is -0.494 e. The van der Waals surface area contributed by atoms with Crippen molar-refractivity contribution in [2.45, 2.75) is 90.5 Å². The predicted octanol–water partition coefficient (Wildman–Crippen LogP) is 8.76. The molecule has 3 rings (SSSR count). The van der Waals surface area contributed by atoms with Gasteiger partial charge in [-0.1, -0.05) is 89.7 Å². The first-order valence-corrected chi connectivity index (χ1v) is 15.5. The summed E-state index contributed by atoms with van der Waals surface area (Å²) in [5.41, 5.74) is 1.95. The molecular formula is C32H46N2O3S. The highest BCUT2D eigenvalue weighted by atomic mass is 32.2. The smallest absolute Gasteiger partial charge is 0.262 e. The molecule has 0 radical (unpaired) electrons. The SMILES string of the molecule is CCCCCCCCCCCCCCOc1ccc(OCC(=O)Nc2cccc(CN3C=CSC3)c2)cc1. The molecule has 1 amide bonds. The first kappa shape index (κ1) is 29.9. The maximum Gasteiger partial charge on any atom is 0.262 e. The molecule has 0 unspecified atom stereocenters. The van der Waals surface area contributed by atoms with Crippen LogP contribution in [0.5, 0.6) is 11.5 Å². The molecule has 0 spiro atoms. The quantitative estimate of drug-likeness (QED) is 0.171. The van der Waals surface area contributed by atoms with Crippen LogP contribution in [0.1, 0.15) is 89.5 Å². The lowest BCUT2D eigenvalue weighted by molar-refractivity contribution is -0.118.